The van der Waals surface area contributed by atoms with Crippen LogP contribution in [0.3, 0.4) is 0 Å². The zero-order chi connectivity index (χ0) is 11.5. The molecule has 7 nitrogen and oxygen atoms in total. The Morgan fingerprint density at radius 1 is 1.62 bits per heavy atom. The summed E-state index contributed by atoms with van der Waals surface area (Å²) in [7, 11) is 0. The zero-order valence-electron chi connectivity index (χ0n) is 8.41. The van der Waals surface area contributed by atoms with Gasteiger partial charge < -0.3 is 10.0 Å². The van der Waals surface area contributed by atoms with E-state index >= 15 is 0 Å². The standard InChI is InChI=1S/C9H10N4O3/c10-12-11-5-3-9-2-4(9)1-6(8(15)16)13(9)7(5)14/h4-6H,1-3H2,(H,15,16)/t4-,5+,6-,9-/m1/s1. The number of rotatable bonds is 2. The van der Waals surface area contributed by atoms with Crippen molar-refractivity contribution in [3.05, 3.63) is 10.4 Å². The highest BCUT2D eigenvalue weighted by Gasteiger charge is 2.72. The van der Waals surface area contributed by atoms with E-state index in [9.17, 15) is 9.59 Å². The van der Waals surface area contributed by atoms with Crippen molar-refractivity contribution < 1.29 is 14.7 Å². The average Bonchev–Trinajstić information content (AvgIpc) is 2.69. The van der Waals surface area contributed by atoms with Gasteiger partial charge in [-0.2, -0.15) is 0 Å². The van der Waals surface area contributed by atoms with Crippen molar-refractivity contribution in [2.24, 2.45) is 11.0 Å². The molecule has 2 heterocycles. The maximum absolute atomic E-state index is 11.9. The molecule has 16 heavy (non-hydrogen) atoms. The molecule has 7 heteroatoms. The van der Waals surface area contributed by atoms with Gasteiger partial charge in [0.25, 0.3) is 0 Å². The van der Waals surface area contributed by atoms with Crippen molar-refractivity contribution in [2.75, 3.05) is 0 Å². The van der Waals surface area contributed by atoms with Gasteiger partial charge in [0.1, 0.15) is 12.1 Å². The van der Waals surface area contributed by atoms with Crippen LogP contribution in [0.4, 0.5) is 0 Å². The van der Waals surface area contributed by atoms with Gasteiger partial charge in [-0.25, -0.2) is 4.79 Å². The normalized spacial score (nSPS) is 43.6. The number of aliphatic carboxylic acids is 1. The molecule has 1 spiro atoms. The van der Waals surface area contributed by atoms with E-state index < -0.39 is 18.1 Å². The smallest absolute Gasteiger partial charge is 0.326 e. The number of carbonyl (C=O) groups is 2. The molecule has 84 valence electrons. The number of hydrogen-bond acceptors (Lipinski definition) is 3. The molecule has 2 aliphatic heterocycles. The first-order chi connectivity index (χ1) is 7.60. The van der Waals surface area contributed by atoms with E-state index in [0.29, 0.717) is 12.8 Å². The average molecular weight is 222 g/mol. The first-order valence-electron chi connectivity index (χ1n) is 5.20. The third kappa shape index (κ3) is 0.911. The highest BCUT2D eigenvalue weighted by atomic mass is 16.4. The van der Waals surface area contributed by atoms with E-state index in [-0.39, 0.29) is 17.4 Å². The second-order valence-electron chi connectivity index (χ2n) is 4.73. The zero-order valence-corrected chi connectivity index (χ0v) is 8.41. The SMILES string of the molecule is [N-]=[N+]=N[C@H]1C[C@]23C[C@H]2C[C@H](C(=O)O)N3C1=O. The van der Waals surface area contributed by atoms with Crippen LogP contribution in [0.5, 0.6) is 0 Å². The summed E-state index contributed by atoms with van der Waals surface area (Å²) >= 11 is 0. The van der Waals surface area contributed by atoms with Gasteiger partial charge >= 0.3 is 5.97 Å². The molecule has 4 atom stereocenters. The molecule has 0 bridgehead atoms. The lowest BCUT2D eigenvalue weighted by Gasteiger charge is -2.24. The minimum Gasteiger partial charge on any atom is -0.480 e. The van der Waals surface area contributed by atoms with E-state index in [2.05, 4.69) is 10.0 Å². The fraction of sp³-hybridized carbons (Fsp3) is 0.778. The molecule has 1 amide bonds. The van der Waals surface area contributed by atoms with Crippen molar-refractivity contribution in [1.82, 2.24) is 4.90 Å². The lowest BCUT2D eigenvalue weighted by molar-refractivity contribution is -0.149. The highest BCUT2D eigenvalue weighted by molar-refractivity contribution is 5.92. The number of azide groups is 1. The number of amides is 1. The van der Waals surface area contributed by atoms with E-state index in [0.717, 1.165) is 6.42 Å². The molecular weight excluding hydrogens is 212 g/mol. The molecule has 0 unspecified atom stereocenters. The Morgan fingerprint density at radius 3 is 3.00 bits per heavy atom. The first kappa shape index (κ1) is 9.47. The number of carboxylic acids is 1. The molecule has 1 aliphatic carbocycles. The lowest BCUT2D eigenvalue weighted by atomic mass is 10.1. The summed E-state index contributed by atoms with van der Waals surface area (Å²) in [5.74, 6) is -0.983. The molecule has 1 N–H and O–H groups in total. The minimum absolute atomic E-state index is 0.288. The monoisotopic (exact) mass is 222 g/mol. The van der Waals surface area contributed by atoms with Crippen molar-refractivity contribution in [1.29, 1.82) is 0 Å². The molecule has 3 rings (SSSR count). The van der Waals surface area contributed by atoms with Gasteiger partial charge in [0.05, 0.1) is 0 Å². The van der Waals surface area contributed by atoms with Gasteiger partial charge in [0.15, 0.2) is 0 Å². The lowest BCUT2D eigenvalue weighted by Crippen LogP contribution is -2.44. The van der Waals surface area contributed by atoms with Crippen molar-refractivity contribution >= 4 is 11.9 Å². The van der Waals surface area contributed by atoms with Crippen molar-refractivity contribution in [3.63, 3.8) is 0 Å². The quantitative estimate of drug-likeness (QED) is 0.418. The third-order valence-corrected chi connectivity index (χ3v) is 4.04. The van der Waals surface area contributed by atoms with Crippen LogP contribution in [0, 0.1) is 5.92 Å². The van der Waals surface area contributed by atoms with Crippen LogP contribution in [0.25, 0.3) is 10.4 Å². The predicted octanol–water partition coefficient (Wildman–Crippen LogP) is 0.513. The molecule has 0 radical (unpaired) electrons. The fourth-order valence-electron chi connectivity index (χ4n) is 3.32. The van der Waals surface area contributed by atoms with Crippen LogP contribution < -0.4 is 0 Å². The fourth-order valence-corrected chi connectivity index (χ4v) is 3.32. The molecule has 0 aromatic heterocycles. The molecule has 0 aromatic rings. The molecule has 3 aliphatic rings. The van der Waals surface area contributed by atoms with Crippen LogP contribution >= 0.6 is 0 Å². The second kappa shape index (κ2) is 2.68. The Morgan fingerprint density at radius 2 is 2.38 bits per heavy atom. The van der Waals surface area contributed by atoms with Gasteiger partial charge in [-0.1, -0.05) is 5.11 Å². The largest absolute Gasteiger partial charge is 0.480 e. The van der Waals surface area contributed by atoms with Crippen LogP contribution in [0.1, 0.15) is 19.3 Å². The highest BCUT2D eigenvalue weighted by Crippen LogP contribution is 2.63. The van der Waals surface area contributed by atoms with Crippen molar-refractivity contribution in [2.45, 2.75) is 36.9 Å². The molecule has 2 saturated heterocycles. The summed E-state index contributed by atoms with van der Waals surface area (Å²) in [4.78, 5) is 27.0. The maximum Gasteiger partial charge on any atom is 0.326 e. The number of hydrogen-bond donors (Lipinski definition) is 1. The van der Waals surface area contributed by atoms with E-state index in [4.69, 9.17) is 10.6 Å². The van der Waals surface area contributed by atoms with Gasteiger partial charge in [0.2, 0.25) is 5.91 Å². The molecule has 1 saturated carbocycles. The summed E-state index contributed by atoms with van der Waals surface area (Å²) in [6.45, 7) is 0. The Kier molecular flexibility index (Phi) is 1.59. The molecule has 0 aromatic carbocycles. The second-order valence-corrected chi connectivity index (χ2v) is 4.73. The van der Waals surface area contributed by atoms with Crippen LogP contribution in [0.15, 0.2) is 5.11 Å². The summed E-state index contributed by atoms with van der Waals surface area (Å²) in [6.07, 6.45) is 1.90. The Bertz CT molecular complexity index is 444. The van der Waals surface area contributed by atoms with E-state index in [1.54, 1.807) is 0 Å². The minimum atomic E-state index is -0.957. The summed E-state index contributed by atoms with van der Waals surface area (Å²) in [5.41, 5.74) is 8.06. The van der Waals surface area contributed by atoms with Crippen LogP contribution in [-0.2, 0) is 9.59 Å². The van der Waals surface area contributed by atoms with Gasteiger partial charge in [-0.3, -0.25) is 4.79 Å². The van der Waals surface area contributed by atoms with Crippen LogP contribution in [0.2, 0.25) is 0 Å². The Labute approximate surface area is 90.7 Å². The Hall–Kier alpha value is -1.75. The van der Waals surface area contributed by atoms with Gasteiger partial charge in [-0.05, 0) is 30.7 Å². The maximum atomic E-state index is 11.9. The molecular formula is C9H10N4O3. The number of nitrogens with zero attached hydrogens (tertiary/aromatic N) is 4. The predicted molar refractivity (Wildman–Crippen MR) is 51.3 cm³/mol. The number of carbonyl (C=O) groups excluding carboxylic acids is 1. The number of carboxylic acid groups (broad SMARTS) is 1. The number of piperidine rings is 1. The van der Waals surface area contributed by atoms with E-state index in [1.807, 2.05) is 0 Å². The van der Waals surface area contributed by atoms with Gasteiger partial charge in [0, 0.05) is 10.5 Å². The first-order valence-corrected chi connectivity index (χ1v) is 5.20. The molecule has 3 fully saturated rings. The van der Waals surface area contributed by atoms with Crippen molar-refractivity contribution in [3.8, 4) is 0 Å². The summed E-state index contributed by atoms with van der Waals surface area (Å²) in [6, 6.07) is -1.41. The summed E-state index contributed by atoms with van der Waals surface area (Å²) < 4.78 is 0. The third-order valence-electron chi connectivity index (χ3n) is 4.04. The van der Waals surface area contributed by atoms with Gasteiger partial charge in [-0.15, -0.1) is 0 Å². The topological polar surface area (TPSA) is 106 Å². The Balaban J connectivity index is 1.95. The van der Waals surface area contributed by atoms with Crippen LogP contribution in [-0.4, -0.2) is 39.5 Å². The summed E-state index contributed by atoms with van der Waals surface area (Å²) in [5, 5.41) is 12.5. The van der Waals surface area contributed by atoms with E-state index in [1.165, 1.54) is 4.90 Å².